The van der Waals surface area contributed by atoms with Crippen molar-refractivity contribution in [3.8, 4) is 0 Å². The lowest BCUT2D eigenvalue weighted by molar-refractivity contribution is -0.146. The molecule has 7 nitrogen and oxygen atoms in total. The fourth-order valence-corrected chi connectivity index (χ4v) is 4.97. The molecule has 0 spiro atoms. The van der Waals surface area contributed by atoms with Gasteiger partial charge in [0.1, 0.15) is 0 Å². The van der Waals surface area contributed by atoms with Crippen LogP contribution in [0.1, 0.15) is 70.8 Å². The van der Waals surface area contributed by atoms with E-state index < -0.39 is 0 Å². The molecule has 0 aromatic heterocycles. The first-order chi connectivity index (χ1) is 15.9. The highest BCUT2D eigenvalue weighted by Gasteiger charge is 2.37. The number of nitrogens with one attached hydrogen (secondary N) is 1. The Balaban J connectivity index is 1.58. The molecule has 1 aromatic carbocycles. The van der Waals surface area contributed by atoms with E-state index in [1.165, 1.54) is 18.4 Å². The molecule has 182 valence electrons. The maximum Gasteiger partial charge on any atom is 0.306 e. The van der Waals surface area contributed by atoms with Crippen LogP contribution in [-0.4, -0.2) is 66.4 Å². The molecule has 2 aliphatic rings. The summed E-state index contributed by atoms with van der Waals surface area (Å²) < 4.78 is 4.92. The molecule has 0 unspecified atom stereocenters. The zero-order valence-electron chi connectivity index (χ0n) is 20.3. The van der Waals surface area contributed by atoms with Gasteiger partial charge in [0, 0.05) is 38.3 Å². The highest BCUT2D eigenvalue weighted by atomic mass is 16.5. The first-order valence-electron chi connectivity index (χ1n) is 12.5. The Morgan fingerprint density at radius 2 is 1.64 bits per heavy atom. The van der Waals surface area contributed by atoms with Crippen LogP contribution in [0.15, 0.2) is 24.3 Å². The van der Waals surface area contributed by atoms with E-state index in [0.29, 0.717) is 44.6 Å². The van der Waals surface area contributed by atoms with Gasteiger partial charge in [0.15, 0.2) is 0 Å². The van der Waals surface area contributed by atoms with Gasteiger partial charge in [-0.1, -0.05) is 38.8 Å². The largest absolute Gasteiger partial charge is 0.466 e. The minimum Gasteiger partial charge on any atom is -0.466 e. The van der Waals surface area contributed by atoms with Gasteiger partial charge in [-0.25, -0.2) is 0 Å². The molecule has 1 saturated heterocycles. The number of carbonyl (C=O) groups is 3. The summed E-state index contributed by atoms with van der Waals surface area (Å²) in [6.45, 7) is 8.92. The van der Waals surface area contributed by atoms with Gasteiger partial charge in [-0.15, -0.1) is 0 Å². The lowest BCUT2D eigenvalue weighted by Crippen LogP contribution is -2.56. The van der Waals surface area contributed by atoms with E-state index in [0.717, 1.165) is 18.5 Å². The number of anilines is 1. The summed E-state index contributed by atoms with van der Waals surface area (Å²) in [5.41, 5.74) is 2.09. The number of benzene rings is 1. The minimum absolute atomic E-state index is 0.0187. The minimum atomic E-state index is -0.330. The second kappa shape index (κ2) is 12.2. The maximum absolute atomic E-state index is 13.4. The standard InChI is InChI=1S/C26H39N3O4/c1-4-33-24(31)14-13-23(30)28-15-17-29(18-16-28)25(21-7-5-6-8-21)26(32)27-22-11-9-20(10-12-22)19(2)3/h9-12,19,21,25H,4-8,13-18H2,1-3H3,(H,27,32)/t25-/m1/s1. The summed E-state index contributed by atoms with van der Waals surface area (Å²) in [6, 6.07) is 7.95. The number of carbonyl (C=O) groups excluding carboxylic acids is 3. The number of rotatable bonds is 9. The van der Waals surface area contributed by atoms with E-state index in [4.69, 9.17) is 4.74 Å². The van der Waals surface area contributed by atoms with E-state index in [2.05, 4.69) is 36.2 Å². The molecule has 1 aliphatic heterocycles. The van der Waals surface area contributed by atoms with Gasteiger partial charge in [0.05, 0.1) is 19.1 Å². The Hall–Kier alpha value is -2.41. The van der Waals surface area contributed by atoms with Gasteiger partial charge in [-0.3, -0.25) is 19.3 Å². The Morgan fingerprint density at radius 1 is 1.00 bits per heavy atom. The summed E-state index contributed by atoms with van der Waals surface area (Å²) in [5.74, 6) is 0.517. The van der Waals surface area contributed by atoms with Gasteiger partial charge >= 0.3 is 5.97 Å². The van der Waals surface area contributed by atoms with Gasteiger partial charge in [-0.2, -0.15) is 0 Å². The molecule has 1 N–H and O–H groups in total. The van der Waals surface area contributed by atoms with Crippen molar-refractivity contribution in [2.24, 2.45) is 5.92 Å². The lowest BCUT2D eigenvalue weighted by Gasteiger charge is -2.40. The SMILES string of the molecule is CCOC(=O)CCC(=O)N1CCN([C@@H](C(=O)Nc2ccc(C(C)C)cc2)C2CCCC2)CC1. The third kappa shape index (κ3) is 7.03. The maximum atomic E-state index is 13.4. The summed E-state index contributed by atoms with van der Waals surface area (Å²) >= 11 is 0. The Morgan fingerprint density at radius 3 is 2.21 bits per heavy atom. The normalized spacial score (nSPS) is 18.4. The fraction of sp³-hybridized carbons (Fsp3) is 0.654. The number of amides is 2. The highest BCUT2D eigenvalue weighted by Crippen LogP contribution is 2.32. The predicted octanol–water partition coefficient (Wildman–Crippen LogP) is 3.79. The van der Waals surface area contributed by atoms with E-state index >= 15 is 0 Å². The lowest BCUT2D eigenvalue weighted by atomic mass is 9.94. The van der Waals surface area contributed by atoms with Crippen molar-refractivity contribution in [2.75, 3.05) is 38.1 Å². The number of esters is 1. The molecule has 3 rings (SSSR count). The van der Waals surface area contributed by atoms with Crippen LogP contribution >= 0.6 is 0 Å². The number of ether oxygens (including phenoxy) is 1. The Bertz CT molecular complexity index is 794. The van der Waals surface area contributed by atoms with Crippen LogP contribution in [-0.2, 0) is 19.1 Å². The molecule has 2 fully saturated rings. The third-order valence-corrected chi connectivity index (χ3v) is 6.87. The monoisotopic (exact) mass is 457 g/mol. The number of piperazine rings is 1. The molecule has 1 aromatic rings. The summed E-state index contributed by atoms with van der Waals surface area (Å²) in [4.78, 5) is 41.5. The van der Waals surface area contributed by atoms with Crippen molar-refractivity contribution < 1.29 is 19.1 Å². The molecule has 33 heavy (non-hydrogen) atoms. The molecular formula is C26H39N3O4. The average Bonchev–Trinajstić information content (AvgIpc) is 3.33. The molecule has 0 bridgehead atoms. The van der Waals surface area contributed by atoms with E-state index in [1.54, 1.807) is 6.92 Å². The van der Waals surface area contributed by atoms with Crippen LogP contribution in [0.3, 0.4) is 0 Å². The van der Waals surface area contributed by atoms with Crippen molar-refractivity contribution >= 4 is 23.5 Å². The van der Waals surface area contributed by atoms with Crippen LogP contribution in [0.2, 0.25) is 0 Å². The van der Waals surface area contributed by atoms with Crippen molar-refractivity contribution in [1.29, 1.82) is 0 Å². The molecule has 1 atom stereocenters. The van der Waals surface area contributed by atoms with Gasteiger partial charge in [0.2, 0.25) is 11.8 Å². The van der Waals surface area contributed by atoms with Gasteiger partial charge < -0.3 is 15.0 Å². The summed E-state index contributed by atoms with van der Waals surface area (Å²) in [6.07, 6.45) is 4.78. The Kier molecular flexibility index (Phi) is 9.30. The van der Waals surface area contributed by atoms with Crippen molar-refractivity contribution in [2.45, 2.75) is 71.3 Å². The third-order valence-electron chi connectivity index (χ3n) is 6.87. The van der Waals surface area contributed by atoms with Crippen LogP contribution in [0.25, 0.3) is 0 Å². The number of nitrogens with zero attached hydrogens (tertiary/aromatic N) is 2. The molecule has 0 radical (unpaired) electrons. The van der Waals surface area contributed by atoms with Crippen molar-refractivity contribution in [3.05, 3.63) is 29.8 Å². The first-order valence-corrected chi connectivity index (χ1v) is 12.5. The predicted molar refractivity (Wildman–Crippen MR) is 129 cm³/mol. The van der Waals surface area contributed by atoms with E-state index in [9.17, 15) is 14.4 Å². The van der Waals surface area contributed by atoms with Crippen LogP contribution in [0.4, 0.5) is 5.69 Å². The van der Waals surface area contributed by atoms with Gasteiger partial charge in [0.25, 0.3) is 0 Å². The second-order valence-corrected chi connectivity index (χ2v) is 9.48. The van der Waals surface area contributed by atoms with Gasteiger partial charge in [-0.05, 0) is 49.3 Å². The summed E-state index contributed by atoms with van der Waals surface area (Å²) in [7, 11) is 0. The molecule has 2 amide bonds. The van der Waals surface area contributed by atoms with Crippen LogP contribution < -0.4 is 5.32 Å². The molecule has 1 aliphatic carbocycles. The second-order valence-electron chi connectivity index (χ2n) is 9.48. The quantitative estimate of drug-likeness (QED) is 0.571. The highest BCUT2D eigenvalue weighted by molar-refractivity contribution is 5.95. The molecule has 1 saturated carbocycles. The molecule has 1 heterocycles. The van der Waals surface area contributed by atoms with E-state index in [-0.39, 0.29) is 36.7 Å². The fourth-order valence-electron chi connectivity index (χ4n) is 4.97. The zero-order chi connectivity index (χ0) is 23.8. The molecule has 7 heteroatoms. The van der Waals surface area contributed by atoms with Crippen LogP contribution in [0.5, 0.6) is 0 Å². The van der Waals surface area contributed by atoms with Crippen molar-refractivity contribution in [3.63, 3.8) is 0 Å². The average molecular weight is 458 g/mol. The zero-order valence-corrected chi connectivity index (χ0v) is 20.3. The molecular weight excluding hydrogens is 418 g/mol. The van der Waals surface area contributed by atoms with Crippen LogP contribution in [0, 0.1) is 5.92 Å². The van der Waals surface area contributed by atoms with E-state index in [1.807, 2.05) is 17.0 Å². The number of hydrogen-bond donors (Lipinski definition) is 1. The Labute approximate surface area is 197 Å². The van der Waals surface area contributed by atoms with Crippen molar-refractivity contribution in [1.82, 2.24) is 9.80 Å². The first kappa shape index (κ1) is 25.2. The summed E-state index contributed by atoms with van der Waals surface area (Å²) in [5, 5.41) is 3.15. The smallest absolute Gasteiger partial charge is 0.306 e. The number of hydrogen-bond acceptors (Lipinski definition) is 5. The topological polar surface area (TPSA) is 79.0 Å².